The summed E-state index contributed by atoms with van der Waals surface area (Å²) in [5.74, 6) is 0. The van der Waals surface area contributed by atoms with Gasteiger partial charge in [0.1, 0.15) is 0 Å². The van der Waals surface area contributed by atoms with Crippen molar-refractivity contribution in [3.05, 3.63) is 54.9 Å². The van der Waals surface area contributed by atoms with E-state index < -0.39 is 7.37 Å². The van der Waals surface area contributed by atoms with Gasteiger partial charge in [-0.1, -0.05) is 30.9 Å². The Morgan fingerprint density at radius 1 is 1.41 bits per heavy atom. The van der Waals surface area contributed by atoms with Crippen LogP contribution in [0.4, 0.5) is 0 Å². The van der Waals surface area contributed by atoms with Crippen molar-refractivity contribution < 1.29 is 13.8 Å². The lowest BCUT2D eigenvalue weighted by Gasteiger charge is -2.18. The van der Waals surface area contributed by atoms with Crippen LogP contribution in [0, 0.1) is 0 Å². The van der Waals surface area contributed by atoms with Crippen molar-refractivity contribution in [3.63, 3.8) is 0 Å². The molecule has 0 N–H and O–H groups in total. The highest BCUT2D eigenvalue weighted by Crippen LogP contribution is 2.52. The molecule has 0 saturated heterocycles. The second kappa shape index (κ2) is 6.55. The molecule has 0 radical (unpaired) electrons. The van der Waals surface area contributed by atoms with Crippen LogP contribution in [0.15, 0.2) is 54.9 Å². The van der Waals surface area contributed by atoms with Gasteiger partial charge in [-0.25, -0.2) is 0 Å². The molecule has 1 aromatic carbocycles. The number of hydrogen-bond donors (Lipinski definition) is 0. The van der Waals surface area contributed by atoms with Gasteiger partial charge in [0.05, 0.1) is 13.2 Å². The molecule has 0 aromatic heterocycles. The molecule has 0 heterocycles. The largest absolute Gasteiger partial charge is 0.372 e. The summed E-state index contributed by atoms with van der Waals surface area (Å²) in [6, 6.07) is 9.03. The van der Waals surface area contributed by atoms with Crippen molar-refractivity contribution in [1.29, 1.82) is 0 Å². The van der Waals surface area contributed by atoms with E-state index in [0.717, 1.165) is 0 Å². The van der Waals surface area contributed by atoms with Gasteiger partial charge in [-0.2, -0.15) is 0 Å². The minimum Gasteiger partial charge on any atom is -0.372 e. The maximum Gasteiger partial charge on any atom is 0.258 e. The van der Waals surface area contributed by atoms with Crippen LogP contribution in [0.1, 0.15) is 0 Å². The molecular formula is C13H17O3P. The first-order chi connectivity index (χ1) is 8.15. The standard InChI is InChI=1S/C13H17O3P/c1-4-10-16-11-12(2)17(14,15-3)13-8-6-5-7-9-13/h4-9H,1-2,10-11H2,3H3. The monoisotopic (exact) mass is 252 g/mol. The van der Waals surface area contributed by atoms with Crippen molar-refractivity contribution in [3.8, 4) is 0 Å². The molecule has 17 heavy (non-hydrogen) atoms. The molecule has 0 saturated carbocycles. The molecule has 1 unspecified atom stereocenters. The number of benzene rings is 1. The fourth-order valence-electron chi connectivity index (χ4n) is 1.39. The zero-order valence-electron chi connectivity index (χ0n) is 9.96. The molecule has 0 spiro atoms. The minimum absolute atomic E-state index is 0.200. The summed E-state index contributed by atoms with van der Waals surface area (Å²) in [6.07, 6.45) is 1.63. The van der Waals surface area contributed by atoms with Gasteiger partial charge in [0, 0.05) is 17.7 Å². The first-order valence-electron chi connectivity index (χ1n) is 5.23. The average Bonchev–Trinajstić information content (AvgIpc) is 2.39. The van der Waals surface area contributed by atoms with Gasteiger partial charge >= 0.3 is 0 Å². The van der Waals surface area contributed by atoms with Crippen LogP contribution in [0.5, 0.6) is 0 Å². The first kappa shape index (κ1) is 13.9. The van der Waals surface area contributed by atoms with Gasteiger partial charge < -0.3 is 9.26 Å². The summed E-state index contributed by atoms with van der Waals surface area (Å²) in [7, 11) is -1.61. The van der Waals surface area contributed by atoms with E-state index in [1.54, 1.807) is 18.2 Å². The van der Waals surface area contributed by atoms with E-state index in [-0.39, 0.29) is 6.61 Å². The third kappa shape index (κ3) is 3.40. The Balaban J connectivity index is 2.85. The number of rotatable bonds is 7. The van der Waals surface area contributed by atoms with E-state index in [0.29, 0.717) is 17.2 Å². The van der Waals surface area contributed by atoms with Gasteiger partial charge in [-0.3, -0.25) is 4.57 Å². The minimum atomic E-state index is -3.04. The zero-order valence-corrected chi connectivity index (χ0v) is 10.9. The predicted molar refractivity (Wildman–Crippen MR) is 70.8 cm³/mol. The summed E-state index contributed by atoms with van der Waals surface area (Å²) < 4.78 is 23.1. The van der Waals surface area contributed by atoms with Crippen molar-refractivity contribution in [2.24, 2.45) is 0 Å². The Bertz CT molecular complexity index is 426. The molecule has 0 aliphatic rings. The Morgan fingerprint density at radius 3 is 2.59 bits per heavy atom. The van der Waals surface area contributed by atoms with Crippen molar-refractivity contribution in [2.75, 3.05) is 20.3 Å². The van der Waals surface area contributed by atoms with Crippen LogP contribution in [-0.2, 0) is 13.8 Å². The van der Waals surface area contributed by atoms with Gasteiger partial charge in [0.15, 0.2) is 0 Å². The molecule has 0 aliphatic carbocycles. The molecule has 1 atom stereocenters. The maximum absolute atomic E-state index is 12.7. The molecule has 92 valence electrons. The Labute approximate surface area is 102 Å². The van der Waals surface area contributed by atoms with E-state index in [1.165, 1.54) is 7.11 Å². The van der Waals surface area contributed by atoms with Gasteiger partial charge in [-0.05, 0) is 12.1 Å². The fraction of sp³-hybridized carbons (Fsp3) is 0.231. The summed E-state index contributed by atoms with van der Waals surface area (Å²) in [4.78, 5) is 0. The highest BCUT2D eigenvalue weighted by atomic mass is 31.2. The summed E-state index contributed by atoms with van der Waals surface area (Å²) in [5.41, 5.74) is 0. The van der Waals surface area contributed by atoms with Crippen molar-refractivity contribution >= 4 is 12.7 Å². The summed E-state index contributed by atoms with van der Waals surface area (Å²) in [6.45, 7) is 7.94. The third-order valence-corrected chi connectivity index (χ3v) is 4.73. The normalized spacial score (nSPS) is 13.9. The molecule has 1 rings (SSSR count). The first-order valence-corrected chi connectivity index (χ1v) is 6.86. The number of hydrogen-bond acceptors (Lipinski definition) is 3. The molecule has 0 amide bonds. The maximum atomic E-state index is 12.7. The van der Waals surface area contributed by atoms with E-state index in [1.807, 2.05) is 18.2 Å². The van der Waals surface area contributed by atoms with E-state index >= 15 is 0 Å². The molecule has 0 aliphatic heterocycles. The van der Waals surface area contributed by atoms with Gasteiger partial charge in [-0.15, -0.1) is 6.58 Å². The molecule has 3 nitrogen and oxygen atoms in total. The predicted octanol–water partition coefficient (Wildman–Crippen LogP) is 2.95. The fourth-order valence-corrected chi connectivity index (χ4v) is 3.05. The van der Waals surface area contributed by atoms with Crippen LogP contribution in [0.3, 0.4) is 0 Å². The van der Waals surface area contributed by atoms with Crippen LogP contribution in [0.25, 0.3) is 0 Å². The lowest BCUT2D eigenvalue weighted by atomic mass is 10.4. The molecular weight excluding hydrogens is 235 g/mol. The lowest BCUT2D eigenvalue weighted by Crippen LogP contribution is -2.10. The third-order valence-electron chi connectivity index (χ3n) is 2.27. The Hall–Kier alpha value is -1.15. The van der Waals surface area contributed by atoms with Gasteiger partial charge in [0.2, 0.25) is 0 Å². The van der Waals surface area contributed by atoms with E-state index in [4.69, 9.17) is 9.26 Å². The summed E-state index contributed by atoms with van der Waals surface area (Å²) in [5, 5.41) is 1.09. The Kier molecular flexibility index (Phi) is 5.36. The zero-order chi connectivity index (χ0) is 12.7. The van der Waals surface area contributed by atoms with Gasteiger partial charge in [0.25, 0.3) is 7.37 Å². The van der Waals surface area contributed by atoms with Crippen molar-refractivity contribution in [1.82, 2.24) is 0 Å². The lowest BCUT2D eigenvalue weighted by molar-refractivity contribution is 0.190. The second-order valence-electron chi connectivity index (χ2n) is 3.44. The van der Waals surface area contributed by atoms with Crippen molar-refractivity contribution in [2.45, 2.75) is 0 Å². The van der Waals surface area contributed by atoms with E-state index in [9.17, 15) is 4.57 Å². The SMILES string of the molecule is C=CCOCC(=C)P(=O)(OC)c1ccccc1. The second-order valence-corrected chi connectivity index (χ2v) is 6.06. The van der Waals surface area contributed by atoms with Crippen LogP contribution in [0.2, 0.25) is 0 Å². The summed E-state index contributed by atoms with van der Waals surface area (Å²) >= 11 is 0. The Morgan fingerprint density at radius 2 is 2.06 bits per heavy atom. The quantitative estimate of drug-likeness (QED) is 0.425. The number of ether oxygens (including phenoxy) is 1. The van der Waals surface area contributed by atoms with Crippen LogP contribution in [-0.4, -0.2) is 20.3 Å². The highest BCUT2D eigenvalue weighted by Gasteiger charge is 2.28. The topological polar surface area (TPSA) is 35.5 Å². The molecule has 0 bridgehead atoms. The van der Waals surface area contributed by atoms with Crippen LogP contribution < -0.4 is 5.30 Å². The smallest absolute Gasteiger partial charge is 0.258 e. The highest BCUT2D eigenvalue weighted by molar-refractivity contribution is 7.71. The van der Waals surface area contributed by atoms with Crippen LogP contribution >= 0.6 is 7.37 Å². The van der Waals surface area contributed by atoms with E-state index in [2.05, 4.69) is 13.2 Å². The average molecular weight is 252 g/mol. The molecule has 4 heteroatoms. The molecule has 0 fully saturated rings. The molecule has 1 aromatic rings.